The summed E-state index contributed by atoms with van der Waals surface area (Å²) in [6.45, 7) is 0. The van der Waals surface area contributed by atoms with Crippen LogP contribution in [0.4, 0.5) is 0 Å². The molecule has 2 heterocycles. The summed E-state index contributed by atoms with van der Waals surface area (Å²) in [4.78, 5) is 4.66. The lowest BCUT2D eigenvalue weighted by Gasteiger charge is -2.11. The summed E-state index contributed by atoms with van der Waals surface area (Å²) in [5.74, 6) is 0. The Kier molecular flexibility index (Phi) is 3.53. The highest BCUT2D eigenvalue weighted by Crippen LogP contribution is 2.24. The minimum atomic E-state index is -3.58. The number of thiophene rings is 1. The Labute approximate surface area is 109 Å². The van der Waals surface area contributed by atoms with Crippen molar-refractivity contribution in [1.82, 2.24) is 13.3 Å². The van der Waals surface area contributed by atoms with Gasteiger partial charge in [-0.15, -0.1) is 11.3 Å². The van der Waals surface area contributed by atoms with E-state index in [1.54, 1.807) is 6.07 Å². The first-order valence-corrected chi connectivity index (χ1v) is 7.39. The molecule has 0 aromatic carbocycles. The van der Waals surface area contributed by atoms with Gasteiger partial charge in [0.1, 0.15) is 12.4 Å². The van der Waals surface area contributed by atoms with Crippen molar-refractivity contribution in [2.24, 2.45) is 0 Å². The number of hydrogen-bond donors (Lipinski definition) is 1. The van der Waals surface area contributed by atoms with E-state index >= 15 is 0 Å². The molecule has 0 bridgehead atoms. The molecule has 0 fully saturated rings. The molecule has 0 aliphatic heterocycles. The van der Waals surface area contributed by atoms with Crippen molar-refractivity contribution in [2.45, 2.75) is 6.10 Å². The highest BCUT2D eigenvalue weighted by atomic mass is 32.2. The topological polar surface area (TPSA) is 75.4 Å². The normalized spacial score (nSPS) is 14.0. The maximum atomic E-state index is 11.8. The van der Waals surface area contributed by atoms with E-state index in [9.17, 15) is 13.5 Å². The number of aliphatic hydroxyl groups is 1. The second-order valence-electron chi connectivity index (χ2n) is 3.84. The SMILES string of the molecule is CN(C)S(=O)(=O)n1cnc(C(O)c2cccs2)c1. The third-order valence-electron chi connectivity index (χ3n) is 2.40. The van der Waals surface area contributed by atoms with Gasteiger partial charge >= 0.3 is 10.2 Å². The molecule has 0 saturated carbocycles. The molecule has 1 unspecified atom stereocenters. The van der Waals surface area contributed by atoms with Crippen molar-refractivity contribution in [2.75, 3.05) is 14.1 Å². The zero-order chi connectivity index (χ0) is 13.3. The molecule has 1 N–H and O–H groups in total. The second-order valence-corrected chi connectivity index (χ2v) is 6.86. The maximum Gasteiger partial charge on any atom is 0.308 e. The average Bonchev–Trinajstić information content (AvgIpc) is 2.99. The smallest absolute Gasteiger partial charge is 0.308 e. The Hall–Kier alpha value is -1.22. The van der Waals surface area contributed by atoms with Crippen molar-refractivity contribution in [3.8, 4) is 0 Å². The minimum Gasteiger partial charge on any atom is -0.381 e. The summed E-state index contributed by atoms with van der Waals surface area (Å²) in [6, 6.07) is 3.59. The third kappa shape index (κ3) is 2.32. The van der Waals surface area contributed by atoms with Crippen LogP contribution in [0.15, 0.2) is 30.0 Å². The molecule has 0 aliphatic carbocycles. The fraction of sp³-hybridized carbons (Fsp3) is 0.300. The van der Waals surface area contributed by atoms with Gasteiger partial charge in [-0.25, -0.2) is 8.96 Å². The summed E-state index contributed by atoms with van der Waals surface area (Å²) >= 11 is 1.39. The van der Waals surface area contributed by atoms with Crippen molar-refractivity contribution in [3.63, 3.8) is 0 Å². The number of rotatable bonds is 4. The zero-order valence-corrected chi connectivity index (χ0v) is 11.5. The number of imidazole rings is 1. The molecule has 98 valence electrons. The highest BCUT2D eigenvalue weighted by Gasteiger charge is 2.20. The summed E-state index contributed by atoms with van der Waals surface area (Å²) in [6.07, 6.45) is 1.60. The molecule has 1 atom stereocenters. The first-order valence-electron chi connectivity index (χ1n) is 5.11. The van der Waals surface area contributed by atoms with Gasteiger partial charge in [-0.1, -0.05) is 6.07 Å². The Morgan fingerprint density at radius 1 is 1.50 bits per heavy atom. The van der Waals surface area contributed by atoms with E-state index in [0.717, 1.165) is 13.2 Å². The van der Waals surface area contributed by atoms with Gasteiger partial charge in [-0.3, -0.25) is 0 Å². The van der Waals surface area contributed by atoms with E-state index in [-0.39, 0.29) is 0 Å². The largest absolute Gasteiger partial charge is 0.381 e. The van der Waals surface area contributed by atoms with Crippen LogP contribution >= 0.6 is 11.3 Å². The van der Waals surface area contributed by atoms with E-state index in [1.807, 2.05) is 11.4 Å². The van der Waals surface area contributed by atoms with Crippen molar-refractivity contribution < 1.29 is 13.5 Å². The first-order chi connectivity index (χ1) is 8.43. The molecule has 2 rings (SSSR count). The Morgan fingerprint density at radius 3 is 2.78 bits per heavy atom. The molecule has 8 heteroatoms. The van der Waals surface area contributed by atoms with Gasteiger partial charge in [0.15, 0.2) is 0 Å². The summed E-state index contributed by atoms with van der Waals surface area (Å²) in [5, 5.41) is 11.9. The molecule has 0 saturated heterocycles. The highest BCUT2D eigenvalue weighted by molar-refractivity contribution is 7.87. The van der Waals surface area contributed by atoms with Gasteiger partial charge in [0, 0.05) is 25.2 Å². The molecule has 6 nitrogen and oxygen atoms in total. The Bertz CT molecular complexity index is 617. The Balaban J connectivity index is 2.32. The lowest BCUT2D eigenvalue weighted by molar-refractivity contribution is 0.219. The van der Waals surface area contributed by atoms with E-state index in [4.69, 9.17) is 0 Å². The van der Waals surface area contributed by atoms with E-state index in [0.29, 0.717) is 5.69 Å². The number of hydrogen-bond acceptors (Lipinski definition) is 5. The molecule has 18 heavy (non-hydrogen) atoms. The zero-order valence-electron chi connectivity index (χ0n) is 9.89. The van der Waals surface area contributed by atoms with Crippen LogP contribution in [0.25, 0.3) is 0 Å². The second kappa shape index (κ2) is 4.81. The van der Waals surface area contributed by atoms with E-state index in [1.165, 1.54) is 38.0 Å². The summed E-state index contributed by atoms with van der Waals surface area (Å²) in [7, 11) is -0.708. The molecule has 2 aromatic rings. The van der Waals surface area contributed by atoms with Crippen LogP contribution in [-0.2, 0) is 10.2 Å². The number of aromatic nitrogens is 2. The van der Waals surface area contributed by atoms with Crippen LogP contribution in [-0.4, -0.2) is 40.9 Å². The Morgan fingerprint density at radius 2 is 2.22 bits per heavy atom. The monoisotopic (exact) mass is 287 g/mol. The molecular weight excluding hydrogens is 274 g/mol. The van der Waals surface area contributed by atoms with Crippen LogP contribution in [0.1, 0.15) is 16.7 Å². The summed E-state index contributed by atoms with van der Waals surface area (Å²) in [5.41, 5.74) is 0.308. The van der Waals surface area contributed by atoms with Gasteiger partial charge in [-0.2, -0.15) is 12.7 Å². The third-order valence-corrected chi connectivity index (χ3v) is 4.98. The van der Waals surface area contributed by atoms with Crippen LogP contribution in [0.2, 0.25) is 0 Å². The first kappa shape index (κ1) is 13.2. The fourth-order valence-electron chi connectivity index (χ4n) is 1.37. The quantitative estimate of drug-likeness (QED) is 0.897. The lowest BCUT2D eigenvalue weighted by atomic mass is 10.2. The molecule has 2 aromatic heterocycles. The molecule has 0 aliphatic rings. The van der Waals surface area contributed by atoms with Gasteiger partial charge in [0.2, 0.25) is 0 Å². The van der Waals surface area contributed by atoms with Crippen molar-refractivity contribution in [3.05, 3.63) is 40.6 Å². The summed E-state index contributed by atoms with van der Waals surface area (Å²) < 4.78 is 25.7. The standard InChI is InChI=1S/C10H13N3O3S2/c1-12(2)18(15,16)13-6-8(11-7-13)10(14)9-4-3-5-17-9/h3-7,10,14H,1-2H3. The molecule has 0 amide bonds. The maximum absolute atomic E-state index is 11.8. The van der Waals surface area contributed by atoms with Crippen molar-refractivity contribution >= 4 is 21.5 Å². The van der Waals surface area contributed by atoms with Gasteiger partial charge in [0.25, 0.3) is 0 Å². The molecular formula is C10H13N3O3S2. The van der Waals surface area contributed by atoms with Crippen LogP contribution in [0, 0.1) is 0 Å². The van der Waals surface area contributed by atoms with Gasteiger partial charge in [0.05, 0.1) is 5.69 Å². The number of aliphatic hydroxyl groups excluding tert-OH is 1. The van der Waals surface area contributed by atoms with Crippen LogP contribution in [0.5, 0.6) is 0 Å². The number of nitrogens with zero attached hydrogens (tertiary/aromatic N) is 3. The van der Waals surface area contributed by atoms with Crippen molar-refractivity contribution in [1.29, 1.82) is 0 Å². The fourth-order valence-corrected chi connectivity index (χ4v) is 2.87. The van der Waals surface area contributed by atoms with Crippen LogP contribution < -0.4 is 0 Å². The average molecular weight is 287 g/mol. The predicted molar refractivity (Wildman–Crippen MR) is 68.6 cm³/mol. The minimum absolute atomic E-state index is 0.308. The lowest BCUT2D eigenvalue weighted by Crippen LogP contribution is -2.27. The van der Waals surface area contributed by atoms with Gasteiger partial charge < -0.3 is 5.11 Å². The van der Waals surface area contributed by atoms with E-state index in [2.05, 4.69) is 4.98 Å². The van der Waals surface area contributed by atoms with E-state index < -0.39 is 16.3 Å². The predicted octanol–water partition coefficient (Wildman–Crippen LogP) is 0.681. The molecule has 0 spiro atoms. The van der Waals surface area contributed by atoms with Crippen LogP contribution in [0.3, 0.4) is 0 Å². The molecule has 0 radical (unpaired) electrons. The van der Waals surface area contributed by atoms with Gasteiger partial charge in [-0.05, 0) is 11.4 Å².